The van der Waals surface area contributed by atoms with Crippen molar-refractivity contribution >= 4 is 19.7 Å². The molecular weight excluding hydrogens is 440 g/mol. The maximum Gasteiger partial charge on any atom is 0.199 e. The van der Waals surface area contributed by atoms with Crippen LogP contribution in [0.2, 0.25) is 0 Å². The Morgan fingerprint density at radius 2 is 2.13 bits per heavy atom. The van der Waals surface area contributed by atoms with Gasteiger partial charge in [-0.25, -0.2) is 16.8 Å². The average Bonchev–Trinajstić information content (AvgIpc) is 3.25. The molecule has 3 aliphatic heterocycles. The molecule has 1 aromatic rings. The van der Waals surface area contributed by atoms with Crippen molar-refractivity contribution in [1.29, 1.82) is 0 Å². The van der Waals surface area contributed by atoms with Crippen molar-refractivity contribution in [1.82, 2.24) is 19.9 Å². The van der Waals surface area contributed by atoms with E-state index in [1.165, 1.54) is 6.26 Å². The van der Waals surface area contributed by atoms with Crippen LogP contribution in [0.5, 0.6) is 0 Å². The SMILES string of the molecule is CCC1=CC2=C(CCO[C@]23CCN(Cc2cn(CCS(C)(=O)=O)nn2)[C@H](C)C3)S1(=O)=O. The summed E-state index contributed by atoms with van der Waals surface area (Å²) in [5.41, 5.74) is 1.12. The van der Waals surface area contributed by atoms with Gasteiger partial charge in [0.15, 0.2) is 9.84 Å². The molecule has 4 rings (SSSR count). The summed E-state index contributed by atoms with van der Waals surface area (Å²) in [6.07, 6.45) is 7.26. The van der Waals surface area contributed by atoms with Gasteiger partial charge in [0.05, 0.1) is 35.1 Å². The molecule has 0 saturated carbocycles. The Bertz CT molecular complexity index is 1140. The first kappa shape index (κ1) is 22.6. The van der Waals surface area contributed by atoms with Gasteiger partial charge < -0.3 is 4.74 Å². The van der Waals surface area contributed by atoms with E-state index in [1.807, 2.05) is 13.0 Å². The van der Waals surface area contributed by atoms with Crippen molar-refractivity contribution in [3.8, 4) is 0 Å². The van der Waals surface area contributed by atoms with E-state index in [4.69, 9.17) is 4.74 Å². The minimum atomic E-state index is -3.32. The Morgan fingerprint density at radius 1 is 1.35 bits per heavy atom. The van der Waals surface area contributed by atoms with Crippen LogP contribution in [0.3, 0.4) is 0 Å². The van der Waals surface area contributed by atoms with E-state index >= 15 is 0 Å². The van der Waals surface area contributed by atoms with E-state index < -0.39 is 25.3 Å². The topological polar surface area (TPSA) is 111 Å². The smallest absolute Gasteiger partial charge is 0.199 e. The summed E-state index contributed by atoms with van der Waals surface area (Å²) in [7, 11) is -6.37. The molecule has 1 fully saturated rings. The highest BCUT2D eigenvalue weighted by Gasteiger charge is 2.49. The maximum absolute atomic E-state index is 12.8. The average molecular weight is 471 g/mol. The van der Waals surface area contributed by atoms with Crippen LogP contribution in [0.4, 0.5) is 0 Å². The largest absolute Gasteiger partial charge is 0.370 e. The van der Waals surface area contributed by atoms with Crippen LogP contribution >= 0.6 is 0 Å². The van der Waals surface area contributed by atoms with E-state index in [0.29, 0.717) is 35.8 Å². The van der Waals surface area contributed by atoms with Gasteiger partial charge in [-0.1, -0.05) is 12.1 Å². The minimum absolute atomic E-state index is 0.0311. The third kappa shape index (κ3) is 4.37. The van der Waals surface area contributed by atoms with Gasteiger partial charge in [0.25, 0.3) is 0 Å². The number of likely N-dealkylation sites (tertiary alicyclic amines) is 1. The predicted octanol–water partition coefficient (Wildman–Crippen LogP) is 1.44. The standard InChI is InChI=1S/C20H30N4O5S2/c1-4-17-11-18-19(31(17,27)28)5-9-29-20(18)6-7-23(15(2)12-20)13-16-14-24(22-21-16)8-10-30(3,25)26/h11,14-15H,4-10,12-13H2,1-3H3/t15-,20+/m1/s1. The molecule has 0 bridgehead atoms. The molecule has 1 aromatic heterocycles. The number of allylic oxidation sites excluding steroid dienone is 1. The van der Waals surface area contributed by atoms with Gasteiger partial charge in [0, 0.05) is 42.9 Å². The van der Waals surface area contributed by atoms with Crippen molar-refractivity contribution in [3.63, 3.8) is 0 Å². The number of ether oxygens (including phenoxy) is 1. The van der Waals surface area contributed by atoms with Gasteiger partial charge in [-0.05, 0) is 37.8 Å². The first-order valence-corrected chi connectivity index (χ1v) is 14.2. The highest BCUT2D eigenvalue weighted by atomic mass is 32.2. The molecule has 9 nitrogen and oxygen atoms in total. The third-order valence-electron chi connectivity index (χ3n) is 6.52. The molecule has 0 amide bonds. The summed E-state index contributed by atoms with van der Waals surface area (Å²) in [6.45, 7) is 6.09. The summed E-state index contributed by atoms with van der Waals surface area (Å²) in [5, 5.41) is 8.23. The first-order chi connectivity index (χ1) is 14.5. The summed E-state index contributed by atoms with van der Waals surface area (Å²) < 4.78 is 56.2. The fraction of sp³-hybridized carbons (Fsp3) is 0.700. The highest BCUT2D eigenvalue weighted by molar-refractivity contribution is 7.99. The number of piperidine rings is 1. The van der Waals surface area contributed by atoms with Crippen LogP contribution in [-0.4, -0.2) is 73.5 Å². The van der Waals surface area contributed by atoms with E-state index in [-0.39, 0.29) is 18.3 Å². The van der Waals surface area contributed by atoms with Crippen LogP contribution in [-0.2, 0) is 37.5 Å². The predicted molar refractivity (Wildman–Crippen MR) is 116 cm³/mol. The fourth-order valence-corrected chi connectivity index (χ4v) is 7.21. The zero-order valence-corrected chi connectivity index (χ0v) is 19.9. The van der Waals surface area contributed by atoms with Crippen LogP contribution in [0.1, 0.15) is 45.2 Å². The zero-order valence-electron chi connectivity index (χ0n) is 18.2. The second-order valence-electron chi connectivity index (χ2n) is 8.77. The number of nitrogens with zero attached hydrogens (tertiary/aromatic N) is 4. The van der Waals surface area contributed by atoms with E-state index in [0.717, 1.165) is 30.7 Å². The maximum atomic E-state index is 12.8. The number of aryl methyl sites for hydroxylation is 1. The van der Waals surface area contributed by atoms with Gasteiger partial charge in [-0.3, -0.25) is 9.58 Å². The Balaban J connectivity index is 1.46. The van der Waals surface area contributed by atoms with Crippen molar-refractivity contribution in [2.75, 3.05) is 25.2 Å². The van der Waals surface area contributed by atoms with Crippen LogP contribution in [0.15, 0.2) is 27.7 Å². The molecule has 3 aliphatic rings. The number of hydrogen-bond acceptors (Lipinski definition) is 8. The van der Waals surface area contributed by atoms with Gasteiger partial charge in [0.1, 0.15) is 9.84 Å². The molecule has 1 saturated heterocycles. The van der Waals surface area contributed by atoms with Crippen LogP contribution < -0.4 is 0 Å². The third-order valence-corrected chi connectivity index (χ3v) is 9.61. The number of fused-ring (bicyclic) bond motifs is 1. The Labute approximate surface area is 184 Å². The Hall–Kier alpha value is -1.56. The molecule has 2 atom stereocenters. The van der Waals surface area contributed by atoms with Gasteiger partial charge >= 0.3 is 0 Å². The van der Waals surface area contributed by atoms with Crippen LogP contribution in [0, 0.1) is 0 Å². The number of sulfone groups is 2. The number of hydrogen-bond donors (Lipinski definition) is 0. The molecule has 4 heterocycles. The lowest BCUT2D eigenvalue weighted by molar-refractivity contribution is -0.0784. The monoisotopic (exact) mass is 470 g/mol. The highest BCUT2D eigenvalue weighted by Crippen LogP contribution is 2.48. The number of rotatable bonds is 6. The zero-order chi connectivity index (χ0) is 22.4. The summed E-state index contributed by atoms with van der Waals surface area (Å²) >= 11 is 0. The number of aromatic nitrogens is 3. The minimum Gasteiger partial charge on any atom is -0.370 e. The molecule has 0 unspecified atom stereocenters. The molecule has 0 radical (unpaired) electrons. The molecular formula is C20H30N4O5S2. The Kier molecular flexibility index (Phi) is 5.91. The summed E-state index contributed by atoms with van der Waals surface area (Å²) in [6, 6.07) is 0.170. The second-order valence-corrected chi connectivity index (χ2v) is 13.1. The van der Waals surface area contributed by atoms with Crippen molar-refractivity contribution in [3.05, 3.63) is 33.4 Å². The Morgan fingerprint density at radius 3 is 2.81 bits per heavy atom. The molecule has 11 heteroatoms. The molecule has 172 valence electrons. The first-order valence-electron chi connectivity index (χ1n) is 10.7. The normalized spacial score (nSPS) is 28.7. The van der Waals surface area contributed by atoms with Crippen molar-refractivity contribution in [2.24, 2.45) is 0 Å². The van der Waals surface area contributed by atoms with E-state index in [2.05, 4.69) is 22.1 Å². The van der Waals surface area contributed by atoms with Gasteiger partial charge in [0.2, 0.25) is 0 Å². The van der Waals surface area contributed by atoms with E-state index in [9.17, 15) is 16.8 Å². The molecule has 0 N–H and O–H groups in total. The second kappa shape index (κ2) is 8.09. The molecule has 0 aliphatic carbocycles. The quantitative estimate of drug-likeness (QED) is 0.614. The van der Waals surface area contributed by atoms with E-state index in [1.54, 1.807) is 10.9 Å². The van der Waals surface area contributed by atoms with Crippen molar-refractivity contribution in [2.45, 2.75) is 64.3 Å². The van der Waals surface area contributed by atoms with Gasteiger partial charge in [-0.15, -0.1) is 5.10 Å². The lowest BCUT2D eigenvalue weighted by Gasteiger charge is -2.47. The lowest BCUT2D eigenvalue weighted by Crippen LogP contribution is -2.52. The van der Waals surface area contributed by atoms with Gasteiger partial charge in [-0.2, -0.15) is 0 Å². The summed E-state index contributed by atoms with van der Waals surface area (Å²) in [4.78, 5) is 3.36. The molecule has 1 spiro atoms. The molecule has 31 heavy (non-hydrogen) atoms. The fourth-order valence-electron chi connectivity index (χ4n) is 4.84. The van der Waals surface area contributed by atoms with Crippen molar-refractivity contribution < 1.29 is 21.6 Å². The molecule has 0 aromatic carbocycles. The summed E-state index contributed by atoms with van der Waals surface area (Å²) in [5.74, 6) is 0.0311. The lowest BCUT2D eigenvalue weighted by atomic mass is 9.78. The van der Waals surface area contributed by atoms with Crippen LogP contribution in [0.25, 0.3) is 0 Å².